The highest BCUT2D eigenvalue weighted by molar-refractivity contribution is 8.13. The van der Waals surface area contributed by atoms with Gasteiger partial charge in [-0.05, 0) is 57.4 Å². The highest BCUT2D eigenvalue weighted by Crippen LogP contribution is 2.29. The minimum absolute atomic E-state index is 0.0101. The summed E-state index contributed by atoms with van der Waals surface area (Å²) in [6.07, 6.45) is 0. The number of likely N-dealkylation sites (N-methyl/N-ethyl adjacent to an activating group) is 1. The maximum absolute atomic E-state index is 13.3. The maximum Gasteiger partial charge on any atom is 0.243 e. The predicted molar refractivity (Wildman–Crippen MR) is 122 cm³/mol. The molecule has 0 aliphatic rings. The second kappa shape index (κ2) is 11.2. The molecule has 1 unspecified atom stereocenters. The number of rotatable bonds is 10. The van der Waals surface area contributed by atoms with E-state index < -0.39 is 10.0 Å². The van der Waals surface area contributed by atoms with Gasteiger partial charge in [0.05, 0.1) is 4.90 Å². The van der Waals surface area contributed by atoms with E-state index in [2.05, 4.69) is 0 Å². The Hall–Kier alpha value is -1.32. The van der Waals surface area contributed by atoms with E-state index in [0.717, 1.165) is 21.6 Å². The molecule has 5 nitrogen and oxygen atoms in total. The number of carbonyl (C=O) groups excluding carboxylic acids is 1. The van der Waals surface area contributed by atoms with Crippen LogP contribution in [0.4, 0.5) is 0 Å². The average molecular weight is 453 g/mol. The largest absolute Gasteiger partial charge is 0.308 e. The van der Waals surface area contributed by atoms with Gasteiger partial charge >= 0.3 is 0 Å². The molecule has 0 spiro atoms. The molecule has 0 amide bonds. The standard InChI is InChI=1S/C21H28N2O3S3/c1-17(16-27-18(2)24)23(15-14-22(3)4)29(25,26)21-12-10-20(11-13-21)28-19-8-6-5-7-9-19/h5-13,17H,14-16H2,1-4H3. The fraction of sp³-hybridized carbons (Fsp3) is 0.381. The molecular formula is C21H28N2O3S3. The van der Waals surface area contributed by atoms with Crippen molar-refractivity contribution in [3.63, 3.8) is 0 Å². The lowest BCUT2D eigenvalue weighted by Crippen LogP contribution is -2.43. The lowest BCUT2D eigenvalue weighted by molar-refractivity contribution is -0.109. The van der Waals surface area contributed by atoms with Crippen LogP contribution in [0.25, 0.3) is 0 Å². The summed E-state index contributed by atoms with van der Waals surface area (Å²) >= 11 is 2.75. The van der Waals surface area contributed by atoms with Crippen molar-refractivity contribution in [2.45, 2.75) is 34.6 Å². The molecule has 0 aliphatic heterocycles. The molecule has 1 atom stereocenters. The minimum Gasteiger partial charge on any atom is -0.308 e. The number of benzene rings is 2. The Morgan fingerprint density at radius 2 is 1.55 bits per heavy atom. The summed E-state index contributed by atoms with van der Waals surface area (Å²) in [5.41, 5.74) is 0. The molecule has 0 bridgehead atoms. The number of nitrogens with zero attached hydrogens (tertiary/aromatic N) is 2. The Morgan fingerprint density at radius 3 is 2.10 bits per heavy atom. The van der Waals surface area contributed by atoms with Crippen molar-refractivity contribution < 1.29 is 13.2 Å². The summed E-state index contributed by atoms with van der Waals surface area (Å²) in [6, 6.07) is 16.7. The highest BCUT2D eigenvalue weighted by Gasteiger charge is 2.29. The van der Waals surface area contributed by atoms with Gasteiger partial charge in [-0.2, -0.15) is 4.31 Å². The van der Waals surface area contributed by atoms with Gasteiger partial charge in [-0.15, -0.1) is 0 Å². The summed E-state index contributed by atoms with van der Waals surface area (Å²) in [5, 5.41) is -0.0101. The Balaban J connectivity index is 2.21. The zero-order valence-electron chi connectivity index (χ0n) is 17.2. The lowest BCUT2D eigenvalue weighted by Gasteiger charge is -2.29. The zero-order valence-corrected chi connectivity index (χ0v) is 19.7. The van der Waals surface area contributed by atoms with Crippen LogP contribution >= 0.6 is 23.5 Å². The molecule has 2 rings (SSSR count). The van der Waals surface area contributed by atoms with Crippen molar-refractivity contribution in [2.24, 2.45) is 0 Å². The summed E-state index contributed by atoms with van der Waals surface area (Å²) in [5.74, 6) is 0.434. The van der Waals surface area contributed by atoms with E-state index in [1.807, 2.05) is 68.4 Å². The number of thioether (sulfide) groups is 1. The van der Waals surface area contributed by atoms with Crippen molar-refractivity contribution >= 4 is 38.7 Å². The Morgan fingerprint density at radius 1 is 0.966 bits per heavy atom. The normalized spacial score (nSPS) is 13.0. The molecule has 0 aliphatic carbocycles. The van der Waals surface area contributed by atoms with Crippen molar-refractivity contribution in [2.75, 3.05) is 32.9 Å². The molecule has 0 saturated carbocycles. The van der Waals surface area contributed by atoms with Gasteiger partial charge in [0.25, 0.3) is 0 Å². The summed E-state index contributed by atoms with van der Waals surface area (Å²) in [7, 11) is 0.163. The van der Waals surface area contributed by atoms with Crippen molar-refractivity contribution in [3.05, 3.63) is 54.6 Å². The van der Waals surface area contributed by atoms with E-state index in [0.29, 0.717) is 18.8 Å². The van der Waals surface area contributed by atoms with Crippen LogP contribution in [-0.4, -0.2) is 61.7 Å². The van der Waals surface area contributed by atoms with Gasteiger partial charge in [0.2, 0.25) is 10.0 Å². The molecule has 8 heteroatoms. The summed E-state index contributed by atoms with van der Waals surface area (Å²) in [6.45, 7) is 4.33. The molecular weight excluding hydrogens is 424 g/mol. The third-order valence-corrected chi connectivity index (χ3v) is 8.30. The number of hydrogen-bond donors (Lipinski definition) is 0. The van der Waals surface area contributed by atoms with E-state index in [9.17, 15) is 13.2 Å². The average Bonchev–Trinajstić information content (AvgIpc) is 2.67. The van der Waals surface area contributed by atoms with Gasteiger partial charge < -0.3 is 4.90 Å². The van der Waals surface area contributed by atoms with Gasteiger partial charge in [0.1, 0.15) is 0 Å². The molecule has 0 saturated heterocycles. The summed E-state index contributed by atoms with van der Waals surface area (Å²) < 4.78 is 28.1. The zero-order chi connectivity index (χ0) is 21.4. The van der Waals surface area contributed by atoms with Crippen LogP contribution in [0.1, 0.15) is 13.8 Å². The van der Waals surface area contributed by atoms with Crippen LogP contribution in [0.3, 0.4) is 0 Å². The first-order valence-electron chi connectivity index (χ1n) is 9.33. The number of sulfonamides is 1. The fourth-order valence-electron chi connectivity index (χ4n) is 2.64. The van der Waals surface area contributed by atoms with Gasteiger partial charge in [0.15, 0.2) is 5.12 Å². The molecule has 158 valence electrons. The maximum atomic E-state index is 13.3. The van der Waals surface area contributed by atoms with Crippen LogP contribution in [-0.2, 0) is 14.8 Å². The van der Waals surface area contributed by atoms with Crippen LogP contribution in [0.2, 0.25) is 0 Å². The van der Waals surface area contributed by atoms with Crippen molar-refractivity contribution in [1.82, 2.24) is 9.21 Å². The molecule has 0 aromatic heterocycles. The first-order chi connectivity index (χ1) is 13.7. The van der Waals surface area contributed by atoms with Crippen LogP contribution < -0.4 is 0 Å². The number of hydrogen-bond acceptors (Lipinski definition) is 6. The Kier molecular flexibility index (Phi) is 9.23. The van der Waals surface area contributed by atoms with Crippen molar-refractivity contribution in [3.8, 4) is 0 Å². The molecule has 2 aromatic rings. The van der Waals surface area contributed by atoms with Gasteiger partial charge in [-0.3, -0.25) is 4.79 Å². The van der Waals surface area contributed by atoms with Crippen molar-refractivity contribution in [1.29, 1.82) is 0 Å². The molecule has 0 N–H and O–H groups in total. The molecule has 29 heavy (non-hydrogen) atoms. The van der Waals surface area contributed by atoms with Gasteiger partial charge in [-0.25, -0.2) is 8.42 Å². The first-order valence-corrected chi connectivity index (χ1v) is 12.6. The second-order valence-corrected chi connectivity index (χ2v) is 11.2. The smallest absolute Gasteiger partial charge is 0.243 e. The van der Waals surface area contributed by atoms with E-state index in [-0.39, 0.29) is 16.1 Å². The second-order valence-electron chi connectivity index (χ2n) is 6.96. The van der Waals surface area contributed by atoms with E-state index >= 15 is 0 Å². The van der Waals surface area contributed by atoms with E-state index in [4.69, 9.17) is 0 Å². The SMILES string of the molecule is CC(=O)SCC(C)N(CCN(C)C)S(=O)(=O)c1ccc(Sc2ccccc2)cc1. The minimum atomic E-state index is -3.66. The van der Waals surface area contributed by atoms with Crippen LogP contribution in [0.15, 0.2) is 69.3 Å². The molecule has 0 heterocycles. The van der Waals surface area contributed by atoms with Crippen LogP contribution in [0.5, 0.6) is 0 Å². The highest BCUT2D eigenvalue weighted by atomic mass is 32.2. The van der Waals surface area contributed by atoms with Gasteiger partial charge in [0, 0.05) is 41.6 Å². The Labute approximate surface area is 182 Å². The third-order valence-electron chi connectivity index (χ3n) is 4.20. The molecule has 2 aromatic carbocycles. The third kappa shape index (κ3) is 7.46. The van der Waals surface area contributed by atoms with E-state index in [1.54, 1.807) is 23.9 Å². The fourth-order valence-corrected chi connectivity index (χ4v) is 5.85. The Bertz CT molecular complexity index is 885. The van der Waals surface area contributed by atoms with Crippen LogP contribution in [0, 0.1) is 0 Å². The quantitative estimate of drug-likeness (QED) is 0.542. The summed E-state index contributed by atoms with van der Waals surface area (Å²) in [4.78, 5) is 15.6. The number of carbonyl (C=O) groups is 1. The molecule has 0 fully saturated rings. The molecule has 0 radical (unpaired) electrons. The topological polar surface area (TPSA) is 57.7 Å². The monoisotopic (exact) mass is 452 g/mol. The predicted octanol–water partition coefficient (Wildman–Crippen LogP) is 4.06. The van der Waals surface area contributed by atoms with Gasteiger partial charge in [-0.1, -0.05) is 41.7 Å². The lowest BCUT2D eigenvalue weighted by atomic mass is 10.4. The van der Waals surface area contributed by atoms with E-state index in [1.165, 1.54) is 11.2 Å². The first kappa shape index (κ1) is 24.0.